The molecule has 0 N–H and O–H groups in total. The highest BCUT2D eigenvalue weighted by Gasteiger charge is 2.31. The van der Waals surface area contributed by atoms with Gasteiger partial charge in [-0.3, -0.25) is 9.78 Å². The molecule has 0 saturated heterocycles. The summed E-state index contributed by atoms with van der Waals surface area (Å²) in [5.41, 5.74) is -0.132. The number of carbonyl (C=O) groups is 1. The molecule has 0 aliphatic carbocycles. The third kappa shape index (κ3) is 2.46. The molecule has 0 aliphatic heterocycles. The molecule has 0 amide bonds. The minimum absolute atomic E-state index is 0.0624. The fourth-order valence-electron chi connectivity index (χ4n) is 2.14. The number of fused-ring (bicyclic) bond motifs is 1. The number of furan rings is 1. The van der Waals surface area contributed by atoms with E-state index in [4.69, 9.17) is 16.0 Å². The van der Waals surface area contributed by atoms with E-state index in [-0.39, 0.29) is 21.9 Å². The molecule has 0 spiro atoms. The first-order chi connectivity index (χ1) is 10.4. The van der Waals surface area contributed by atoms with Crippen LogP contribution >= 0.6 is 11.6 Å². The van der Waals surface area contributed by atoms with Gasteiger partial charge in [0.2, 0.25) is 0 Å². The average Bonchev–Trinajstić information content (AvgIpc) is 2.89. The Kier molecular flexibility index (Phi) is 3.41. The largest absolute Gasteiger partial charge is 0.452 e. The van der Waals surface area contributed by atoms with E-state index in [0.29, 0.717) is 17.2 Å². The summed E-state index contributed by atoms with van der Waals surface area (Å²) >= 11 is 6.02. The molecule has 0 bridgehead atoms. The summed E-state index contributed by atoms with van der Waals surface area (Å²) in [5, 5.41) is 0.638. The van der Waals surface area contributed by atoms with Gasteiger partial charge in [0, 0.05) is 33.9 Å². The fraction of sp³-hybridized carbons (Fsp3) is 0.0667. The highest BCUT2D eigenvalue weighted by molar-refractivity contribution is 6.33. The topological polar surface area (TPSA) is 43.1 Å². The van der Waals surface area contributed by atoms with Gasteiger partial charge in [0.25, 0.3) is 0 Å². The van der Waals surface area contributed by atoms with Crippen molar-refractivity contribution in [3.8, 4) is 11.1 Å². The van der Waals surface area contributed by atoms with Crippen LogP contribution in [0.15, 0.2) is 41.1 Å². The Morgan fingerprint density at radius 1 is 1.14 bits per heavy atom. The first-order valence-electron chi connectivity index (χ1n) is 6.10. The van der Waals surface area contributed by atoms with Gasteiger partial charge >= 0.3 is 6.18 Å². The smallest absolute Gasteiger partial charge is 0.416 e. The normalized spacial score (nSPS) is 11.8. The second kappa shape index (κ2) is 5.14. The zero-order valence-corrected chi connectivity index (χ0v) is 11.6. The van der Waals surface area contributed by atoms with Crippen LogP contribution in [0, 0.1) is 0 Å². The molecule has 0 atom stereocenters. The van der Waals surface area contributed by atoms with Crippen molar-refractivity contribution in [1.82, 2.24) is 4.98 Å². The zero-order valence-electron chi connectivity index (χ0n) is 10.8. The van der Waals surface area contributed by atoms with Gasteiger partial charge in [-0.05, 0) is 24.3 Å². The molecular formula is C15H7ClF3NO2. The van der Waals surface area contributed by atoms with Gasteiger partial charge in [0.05, 0.1) is 5.56 Å². The summed E-state index contributed by atoms with van der Waals surface area (Å²) < 4.78 is 43.9. The molecule has 0 fully saturated rings. The predicted octanol–water partition coefficient (Wildman–Crippen LogP) is 4.98. The number of hydrogen-bond donors (Lipinski definition) is 0. The molecule has 112 valence electrons. The van der Waals surface area contributed by atoms with Crippen molar-refractivity contribution < 1.29 is 22.4 Å². The van der Waals surface area contributed by atoms with Crippen molar-refractivity contribution in [1.29, 1.82) is 0 Å². The third-order valence-corrected chi connectivity index (χ3v) is 3.47. The highest BCUT2D eigenvalue weighted by Crippen LogP contribution is 2.38. The van der Waals surface area contributed by atoms with Crippen LogP contribution in [0.3, 0.4) is 0 Å². The lowest BCUT2D eigenvalue weighted by Gasteiger charge is -2.10. The summed E-state index contributed by atoms with van der Waals surface area (Å²) in [6, 6.07) is 4.46. The molecule has 0 unspecified atom stereocenters. The highest BCUT2D eigenvalue weighted by atomic mass is 35.5. The number of aldehydes is 1. The quantitative estimate of drug-likeness (QED) is 0.624. The van der Waals surface area contributed by atoms with Gasteiger partial charge in [-0.2, -0.15) is 13.2 Å². The van der Waals surface area contributed by atoms with Crippen molar-refractivity contribution in [3.63, 3.8) is 0 Å². The van der Waals surface area contributed by atoms with E-state index in [1.54, 1.807) is 0 Å². The maximum atomic E-state index is 12.9. The van der Waals surface area contributed by atoms with Crippen LogP contribution in [-0.2, 0) is 6.18 Å². The standard InChI is InChI=1S/C15H7ClF3NO2/c16-13-2-1-9(15(17,18)19)4-11(13)12-6-20-5-8-3-10(7-21)22-14(8)12/h1-7H. The second-order valence-corrected chi connectivity index (χ2v) is 4.97. The molecule has 0 aliphatic rings. The molecule has 3 nitrogen and oxygen atoms in total. The van der Waals surface area contributed by atoms with Gasteiger partial charge in [-0.25, -0.2) is 0 Å². The summed E-state index contributed by atoms with van der Waals surface area (Å²) in [7, 11) is 0. The molecule has 3 aromatic rings. The second-order valence-electron chi connectivity index (χ2n) is 4.56. The van der Waals surface area contributed by atoms with Crippen LogP contribution in [0.2, 0.25) is 5.02 Å². The Morgan fingerprint density at radius 2 is 1.91 bits per heavy atom. The molecule has 3 rings (SSSR count). The minimum atomic E-state index is -4.49. The molecule has 2 aromatic heterocycles. The Hall–Kier alpha value is -2.34. The van der Waals surface area contributed by atoms with Gasteiger partial charge < -0.3 is 4.42 Å². The van der Waals surface area contributed by atoms with Gasteiger partial charge in [0.1, 0.15) is 5.58 Å². The first-order valence-corrected chi connectivity index (χ1v) is 6.48. The van der Waals surface area contributed by atoms with E-state index in [1.807, 2.05) is 0 Å². The Labute approximate surface area is 127 Å². The summed E-state index contributed by atoms with van der Waals surface area (Å²) in [6.45, 7) is 0. The number of pyridine rings is 1. The van der Waals surface area contributed by atoms with Gasteiger partial charge in [-0.15, -0.1) is 0 Å². The van der Waals surface area contributed by atoms with Gasteiger partial charge in [-0.1, -0.05) is 11.6 Å². The van der Waals surface area contributed by atoms with Crippen LogP contribution in [0.5, 0.6) is 0 Å². The van der Waals surface area contributed by atoms with Crippen molar-refractivity contribution in [2.24, 2.45) is 0 Å². The van der Waals surface area contributed by atoms with Crippen LogP contribution in [0.4, 0.5) is 13.2 Å². The van der Waals surface area contributed by atoms with Crippen LogP contribution in [-0.4, -0.2) is 11.3 Å². The Balaban J connectivity index is 2.27. The Morgan fingerprint density at radius 3 is 2.59 bits per heavy atom. The lowest BCUT2D eigenvalue weighted by Crippen LogP contribution is -2.04. The lowest BCUT2D eigenvalue weighted by molar-refractivity contribution is -0.137. The van der Waals surface area contributed by atoms with E-state index in [0.717, 1.165) is 12.1 Å². The number of alkyl halides is 3. The maximum absolute atomic E-state index is 12.9. The van der Waals surface area contributed by atoms with Gasteiger partial charge in [0.15, 0.2) is 12.0 Å². The van der Waals surface area contributed by atoms with Crippen LogP contribution < -0.4 is 0 Å². The van der Waals surface area contributed by atoms with E-state index < -0.39 is 11.7 Å². The molecule has 2 heterocycles. The monoisotopic (exact) mass is 325 g/mol. The predicted molar refractivity (Wildman–Crippen MR) is 74.8 cm³/mol. The van der Waals surface area contributed by atoms with Crippen molar-refractivity contribution >= 4 is 28.9 Å². The molecular weight excluding hydrogens is 319 g/mol. The summed E-state index contributed by atoms with van der Waals surface area (Å²) in [6.07, 6.45) is -1.17. The van der Waals surface area contributed by atoms with E-state index in [9.17, 15) is 18.0 Å². The summed E-state index contributed by atoms with van der Waals surface area (Å²) in [5.74, 6) is 0.0624. The average molecular weight is 326 g/mol. The number of hydrogen-bond acceptors (Lipinski definition) is 3. The SMILES string of the molecule is O=Cc1cc2cncc(-c3cc(C(F)(F)F)ccc3Cl)c2o1. The van der Waals surface area contributed by atoms with Crippen molar-refractivity contribution in [2.75, 3.05) is 0 Å². The number of rotatable bonds is 2. The van der Waals surface area contributed by atoms with Crippen molar-refractivity contribution in [2.45, 2.75) is 6.18 Å². The molecule has 1 aromatic carbocycles. The number of benzene rings is 1. The third-order valence-electron chi connectivity index (χ3n) is 3.14. The van der Waals surface area contributed by atoms with E-state index in [2.05, 4.69) is 4.98 Å². The number of halogens is 4. The molecule has 0 saturated carbocycles. The summed E-state index contributed by atoms with van der Waals surface area (Å²) in [4.78, 5) is 14.7. The van der Waals surface area contributed by atoms with Crippen molar-refractivity contribution in [3.05, 3.63) is 53.0 Å². The van der Waals surface area contributed by atoms with Crippen LogP contribution in [0.1, 0.15) is 16.1 Å². The fourth-order valence-corrected chi connectivity index (χ4v) is 2.36. The maximum Gasteiger partial charge on any atom is 0.416 e. The molecule has 22 heavy (non-hydrogen) atoms. The minimum Gasteiger partial charge on any atom is -0.452 e. The first kappa shape index (κ1) is 14.6. The van der Waals surface area contributed by atoms with E-state index >= 15 is 0 Å². The number of aromatic nitrogens is 1. The molecule has 7 heteroatoms. The van der Waals surface area contributed by atoms with Crippen LogP contribution in [0.25, 0.3) is 22.1 Å². The van der Waals surface area contributed by atoms with E-state index in [1.165, 1.54) is 24.5 Å². The number of carbonyl (C=O) groups excluding carboxylic acids is 1. The molecule has 0 radical (unpaired) electrons. The zero-order chi connectivity index (χ0) is 15.9. The lowest BCUT2D eigenvalue weighted by atomic mass is 10.0. The Bertz CT molecular complexity index is 871. The number of nitrogens with zero attached hydrogens (tertiary/aromatic N) is 1.